The Morgan fingerprint density at radius 2 is 1.93 bits per heavy atom. The predicted octanol–water partition coefficient (Wildman–Crippen LogP) is 5.50. The molecule has 0 radical (unpaired) electrons. The van der Waals surface area contributed by atoms with E-state index in [4.69, 9.17) is 11.6 Å². The van der Waals surface area contributed by atoms with Gasteiger partial charge in [0.05, 0.1) is 32.7 Å². The zero-order valence-corrected chi connectivity index (χ0v) is 17.1. The maximum absolute atomic E-state index is 12.6. The second-order valence-electron chi connectivity index (χ2n) is 6.62. The third-order valence-corrected chi connectivity index (χ3v) is 5.68. The molecule has 0 aliphatic rings. The van der Waals surface area contributed by atoms with Crippen molar-refractivity contribution in [1.29, 1.82) is 0 Å². The first-order valence-corrected chi connectivity index (χ1v) is 9.75. The van der Waals surface area contributed by atoms with Crippen LogP contribution in [-0.4, -0.2) is 21.7 Å². The lowest BCUT2D eigenvalue weighted by molar-refractivity contribution is 0.0934. The van der Waals surface area contributed by atoms with Crippen molar-refractivity contribution >= 4 is 40.3 Å². The van der Waals surface area contributed by atoms with Crippen LogP contribution in [0, 0.1) is 19.8 Å². The molecule has 5 nitrogen and oxygen atoms in total. The minimum absolute atomic E-state index is 0.0515. The Balaban J connectivity index is 1.86. The molecule has 0 saturated carbocycles. The molecule has 2 aromatic heterocycles. The first-order valence-electron chi connectivity index (χ1n) is 8.55. The van der Waals surface area contributed by atoms with E-state index in [2.05, 4.69) is 15.3 Å². The van der Waals surface area contributed by atoms with Crippen LogP contribution in [0.4, 0.5) is 5.69 Å². The number of thiazole rings is 1. The van der Waals surface area contributed by atoms with Gasteiger partial charge in [-0.2, -0.15) is 0 Å². The van der Waals surface area contributed by atoms with E-state index >= 15 is 0 Å². The molecule has 0 unspecified atom stereocenters. The number of carbonyl (C=O) groups excluding carboxylic acids is 2. The average Bonchev–Trinajstić information content (AvgIpc) is 3.24. The Labute approximate surface area is 166 Å². The number of nitrogens with zero attached hydrogens (tertiary/aromatic N) is 1. The van der Waals surface area contributed by atoms with Gasteiger partial charge in [-0.3, -0.25) is 9.59 Å². The number of amides is 1. The third kappa shape index (κ3) is 3.96. The molecule has 0 atom stereocenters. The number of nitrogens with one attached hydrogen (secondary N) is 2. The van der Waals surface area contributed by atoms with Crippen LogP contribution < -0.4 is 5.32 Å². The largest absolute Gasteiger partial charge is 0.351 e. The van der Waals surface area contributed by atoms with Crippen molar-refractivity contribution in [2.45, 2.75) is 27.7 Å². The molecule has 0 aliphatic carbocycles. The van der Waals surface area contributed by atoms with Crippen molar-refractivity contribution in [3.05, 3.63) is 57.3 Å². The van der Waals surface area contributed by atoms with Gasteiger partial charge in [0.1, 0.15) is 0 Å². The van der Waals surface area contributed by atoms with Gasteiger partial charge in [0.25, 0.3) is 5.91 Å². The number of H-pyrrole nitrogens is 1. The fourth-order valence-electron chi connectivity index (χ4n) is 2.68. The molecule has 7 heteroatoms. The summed E-state index contributed by atoms with van der Waals surface area (Å²) in [6.07, 6.45) is 0. The number of aryl methyl sites for hydroxylation is 2. The van der Waals surface area contributed by atoms with Gasteiger partial charge in [0, 0.05) is 5.92 Å². The first-order chi connectivity index (χ1) is 12.8. The van der Waals surface area contributed by atoms with Gasteiger partial charge in [-0.1, -0.05) is 37.6 Å². The number of benzene rings is 1. The Bertz CT molecular complexity index is 1000. The van der Waals surface area contributed by atoms with E-state index in [1.165, 1.54) is 11.3 Å². The van der Waals surface area contributed by atoms with E-state index in [-0.39, 0.29) is 17.6 Å². The van der Waals surface area contributed by atoms with Crippen LogP contribution in [0.15, 0.2) is 30.3 Å². The van der Waals surface area contributed by atoms with Crippen LogP contribution in [-0.2, 0) is 0 Å². The van der Waals surface area contributed by atoms with E-state index in [0.29, 0.717) is 21.4 Å². The monoisotopic (exact) mass is 401 g/mol. The summed E-state index contributed by atoms with van der Waals surface area (Å²) in [5.41, 5.74) is 3.53. The van der Waals surface area contributed by atoms with E-state index in [9.17, 15) is 9.59 Å². The number of aromatic amines is 1. The molecular weight excluding hydrogens is 382 g/mol. The topological polar surface area (TPSA) is 74.8 Å². The highest BCUT2D eigenvalue weighted by atomic mass is 35.5. The summed E-state index contributed by atoms with van der Waals surface area (Å²) < 4.78 is 0. The lowest BCUT2D eigenvalue weighted by Crippen LogP contribution is -2.12. The minimum atomic E-state index is -0.310. The smallest absolute Gasteiger partial charge is 0.284 e. The quantitative estimate of drug-likeness (QED) is 0.554. The maximum atomic E-state index is 12.6. The van der Waals surface area contributed by atoms with Crippen molar-refractivity contribution in [3.8, 4) is 10.6 Å². The van der Waals surface area contributed by atoms with E-state index < -0.39 is 0 Å². The summed E-state index contributed by atoms with van der Waals surface area (Å²) >= 11 is 7.46. The minimum Gasteiger partial charge on any atom is -0.351 e. The van der Waals surface area contributed by atoms with E-state index in [1.807, 2.05) is 45.9 Å². The number of rotatable bonds is 5. The van der Waals surface area contributed by atoms with Gasteiger partial charge < -0.3 is 10.3 Å². The number of hydrogen-bond donors (Lipinski definition) is 2. The van der Waals surface area contributed by atoms with Crippen molar-refractivity contribution in [2.75, 3.05) is 5.32 Å². The van der Waals surface area contributed by atoms with Crippen LogP contribution >= 0.6 is 22.9 Å². The molecule has 2 N–H and O–H groups in total. The molecule has 2 heterocycles. The zero-order valence-electron chi connectivity index (χ0n) is 15.5. The van der Waals surface area contributed by atoms with E-state index in [1.54, 1.807) is 12.1 Å². The van der Waals surface area contributed by atoms with Crippen LogP contribution in [0.3, 0.4) is 0 Å². The lowest BCUT2D eigenvalue weighted by Gasteiger charge is -2.08. The van der Waals surface area contributed by atoms with Crippen molar-refractivity contribution in [2.24, 2.45) is 5.92 Å². The number of halogens is 1. The Hall–Kier alpha value is -2.44. The summed E-state index contributed by atoms with van der Waals surface area (Å²) in [4.78, 5) is 33.1. The van der Waals surface area contributed by atoms with Crippen LogP contribution in [0.25, 0.3) is 10.6 Å². The van der Waals surface area contributed by atoms with Gasteiger partial charge in [-0.05, 0) is 37.6 Å². The molecule has 0 aliphatic heterocycles. The molecule has 0 saturated heterocycles. The number of hydrogen-bond acceptors (Lipinski definition) is 4. The summed E-state index contributed by atoms with van der Waals surface area (Å²) in [5, 5.41) is 3.66. The normalized spacial score (nSPS) is 11.0. The fourth-order valence-corrected chi connectivity index (χ4v) is 3.89. The van der Waals surface area contributed by atoms with Gasteiger partial charge in [0.2, 0.25) is 0 Å². The van der Waals surface area contributed by atoms with Crippen molar-refractivity contribution in [3.63, 3.8) is 0 Å². The fraction of sp³-hybridized carbons (Fsp3) is 0.250. The number of para-hydroxylation sites is 1. The molecule has 140 valence electrons. The standard InChI is InChI=1S/C20H20ClN3O2S/c1-10(2)17(25)14-8-9-15(23-14)18-12(4)22-20(27-18)19(26)24-16-11(3)6-5-7-13(16)21/h5-10,23H,1-4H3,(H,24,26). The SMILES string of the molecule is Cc1cccc(Cl)c1NC(=O)c1nc(C)c(-c2ccc(C(=O)C(C)C)[nH]2)s1. The summed E-state index contributed by atoms with van der Waals surface area (Å²) in [7, 11) is 0. The number of ketones is 1. The molecule has 3 rings (SSSR count). The second kappa shape index (κ2) is 7.66. The molecule has 1 aromatic carbocycles. The Kier molecular flexibility index (Phi) is 5.48. The third-order valence-electron chi connectivity index (χ3n) is 4.17. The number of Topliss-reactive ketones (excluding diaryl/α,β-unsaturated/α-hetero) is 1. The van der Waals surface area contributed by atoms with Crippen LogP contribution in [0.1, 0.15) is 45.4 Å². The summed E-state index contributed by atoms with van der Waals surface area (Å²) in [5.74, 6) is -0.342. The van der Waals surface area contributed by atoms with Crippen molar-refractivity contribution < 1.29 is 9.59 Å². The molecule has 0 spiro atoms. The summed E-state index contributed by atoms with van der Waals surface area (Å²) in [6.45, 7) is 7.44. The average molecular weight is 402 g/mol. The maximum Gasteiger partial charge on any atom is 0.284 e. The van der Waals surface area contributed by atoms with Gasteiger partial charge in [-0.25, -0.2) is 4.98 Å². The number of aromatic nitrogens is 2. The molecule has 0 bridgehead atoms. The van der Waals surface area contributed by atoms with Gasteiger partial charge >= 0.3 is 0 Å². The predicted molar refractivity (Wildman–Crippen MR) is 110 cm³/mol. The highest BCUT2D eigenvalue weighted by Gasteiger charge is 2.19. The second-order valence-corrected chi connectivity index (χ2v) is 8.03. The Morgan fingerprint density at radius 3 is 2.59 bits per heavy atom. The van der Waals surface area contributed by atoms with Crippen LogP contribution in [0.5, 0.6) is 0 Å². The van der Waals surface area contributed by atoms with E-state index in [0.717, 1.165) is 21.8 Å². The van der Waals surface area contributed by atoms with Gasteiger partial charge in [-0.15, -0.1) is 11.3 Å². The van der Waals surface area contributed by atoms with Gasteiger partial charge in [0.15, 0.2) is 10.8 Å². The molecule has 27 heavy (non-hydrogen) atoms. The zero-order chi connectivity index (χ0) is 19.7. The molecule has 3 aromatic rings. The highest BCUT2D eigenvalue weighted by Crippen LogP contribution is 2.31. The highest BCUT2D eigenvalue weighted by molar-refractivity contribution is 7.17. The number of anilines is 1. The molecule has 0 fully saturated rings. The van der Waals surface area contributed by atoms with Crippen LogP contribution in [0.2, 0.25) is 5.02 Å². The Morgan fingerprint density at radius 1 is 1.19 bits per heavy atom. The number of carbonyl (C=O) groups is 2. The first kappa shape index (κ1) is 19.3. The summed E-state index contributed by atoms with van der Waals surface area (Å²) in [6, 6.07) is 9.06. The molecular formula is C20H20ClN3O2S. The van der Waals surface area contributed by atoms with Crippen molar-refractivity contribution in [1.82, 2.24) is 9.97 Å². The lowest BCUT2D eigenvalue weighted by atomic mass is 10.1. The molecule has 1 amide bonds.